The Labute approximate surface area is 129 Å². The first-order valence-electron chi connectivity index (χ1n) is 5.89. The van der Waals surface area contributed by atoms with E-state index in [4.69, 9.17) is 11.6 Å². The molecule has 0 bridgehead atoms. The largest absolute Gasteiger partial charge is 0.348 e. The lowest BCUT2D eigenvalue weighted by atomic mass is 10.2. The zero-order chi connectivity index (χ0) is 14.7. The summed E-state index contributed by atoms with van der Waals surface area (Å²) in [6, 6.07) is 8.65. The molecule has 0 saturated carbocycles. The molecule has 0 radical (unpaired) electrons. The molecule has 0 fully saturated rings. The molecule has 2 rings (SSSR count). The third-order valence-corrected chi connectivity index (χ3v) is 3.86. The van der Waals surface area contributed by atoms with Crippen LogP contribution in [-0.2, 0) is 6.54 Å². The smallest absolute Gasteiger partial charge is 0.261 e. The predicted octanol–water partition coefficient (Wildman–Crippen LogP) is 3.03. The number of aromatic amines is 1. The third-order valence-electron chi connectivity index (χ3n) is 2.79. The van der Waals surface area contributed by atoms with Crippen molar-refractivity contribution in [1.82, 2.24) is 10.3 Å². The summed E-state index contributed by atoms with van der Waals surface area (Å²) in [6.07, 6.45) is 0. The van der Waals surface area contributed by atoms with E-state index in [2.05, 4.69) is 26.2 Å². The number of hydrogen-bond acceptors (Lipinski definition) is 2. The molecule has 104 valence electrons. The minimum atomic E-state index is -0.415. The van der Waals surface area contributed by atoms with Gasteiger partial charge in [-0.2, -0.15) is 0 Å². The number of pyridine rings is 1. The van der Waals surface area contributed by atoms with Gasteiger partial charge in [0.1, 0.15) is 5.56 Å². The Balaban J connectivity index is 2.11. The maximum atomic E-state index is 12.0. The number of halogens is 2. The number of carbonyl (C=O) groups excluding carboxylic acids is 1. The highest BCUT2D eigenvalue weighted by Crippen LogP contribution is 2.13. The molecule has 0 aliphatic carbocycles. The van der Waals surface area contributed by atoms with Crippen molar-refractivity contribution in [3.05, 3.63) is 67.0 Å². The van der Waals surface area contributed by atoms with Crippen LogP contribution in [0.4, 0.5) is 0 Å². The van der Waals surface area contributed by atoms with E-state index in [0.717, 1.165) is 5.56 Å². The molecule has 0 aliphatic rings. The Morgan fingerprint density at radius 1 is 1.35 bits per heavy atom. The van der Waals surface area contributed by atoms with E-state index in [1.807, 2.05) is 12.1 Å². The standard InChI is InChI=1S/C14H12BrClN2O2/c1-8-12(15)6-11(14(20)18-8)13(19)17-7-9-2-4-10(16)5-3-9/h2-6H,7H2,1H3,(H,17,19)(H,18,20). The van der Waals surface area contributed by atoms with E-state index in [9.17, 15) is 9.59 Å². The molecule has 1 aromatic heterocycles. The predicted molar refractivity (Wildman–Crippen MR) is 82.1 cm³/mol. The summed E-state index contributed by atoms with van der Waals surface area (Å²) < 4.78 is 0.689. The van der Waals surface area contributed by atoms with Crippen LogP contribution in [0.2, 0.25) is 5.02 Å². The SMILES string of the molecule is Cc1[nH]c(=O)c(C(=O)NCc2ccc(Cl)cc2)cc1Br. The number of H-pyrrole nitrogens is 1. The molecule has 2 N–H and O–H groups in total. The molecular weight excluding hydrogens is 344 g/mol. The van der Waals surface area contributed by atoms with Gasteiger partial charge < -0.3 is 10.3 Å². The summed E-state index contributed by atoms with van der Waals surface area (Å²) >= 11 is 9.07. The molecule has 2 aromatic rings. The fourth-order valence-corrected chi connectivity index (χ4v) is 2.10. The van der Waals surface area contributed by atoms with Gasteiger partial charge in [0.2, 0.25) is 0 Å². The van der Waals surface area contributed by atoms with Gasteiger partial charge in [0, 0.05) is 21.7 Å². The van der Waals surface area contributed by atoms with Crippen LogP contribution in [0.15, 0.2) is 39.6 Å². The first-order valence-corrected chi connectivity index (χ1v) is 7.06. The minimum absolute atomic E-state index is 0.0800. The van der Waals surface area contributed by atoms with Gasteiger partial charge in [0.25, 0.3) is 11.5 Å². The van der Waals surface area contributed by atoms with Gasteiger partial charge in [0.15, 0.2) is 0 Å². The van der Waals surface area contributed by atoms with Gasteiger partial charge >= 0.3 is 0 Å². The quantitative estimate of drug-likeness (QED) is 0.889. The first-order chi connectivity index (χ1) is 9.47. The molecule has 0 atom stereocenters. The molecule has 0 aliphatic heterocycles. The van der Waals surface area contributed by atoms with Crippen LogP contribution in [0.1, 0.15) is 21.6 Å². The molecule has 0 unspecified atom stereocenters. The topological polar surface area (TPSA) is 62.0 Å². The van der Waals surface area contributed by atoms with Crippen molar-refractivity contribution < 1.29 is 4.79 Å². The molecule has 1 amide bonds. The number of amides is 1. The van der Waals surface area contributed by atoms with Crippen molar-refractivity contribution in [1.29, 1.82) is 0 Å². The molecule has 4 nitrogen and oxygen atoms in total. The van der Waals surface area contributed by atoms with Crippen LogP contribution in [-0.4, -0.2) is 10.9 Å². The van der Waals surface area contributed by atoms with Gasteiger partial charge in [-0.05, 0) is 46.6 Å². The van der Waals surface area contributed by atoms with E-state index in [1.165, 1.54) is 6.07 Å². The van der Waals surface area contributed by atoms with Gasteiger partial charge in [-0.3, -0.25) is 9.59 Å². The van der Waals surface area contributed by atoms with Crippen molar-refractivity contribution >= 4 is 33.4 Å². The first kappa shape index (κ1) is 14.8. The van der Waals surface area contributed by atoms with Crippen LogP contribution in [0.3, 0.4) is 0 Å². The van der Waals surface area contributed by atoms with E-state index < -0.39 is 11.5 Å². The number of aryl methyl sites for hydroxylation is 1. The monoisotopic (exact) mass is 354 g/mol. The van der Waals surface area contributed by atoms with E-state index in [1.54, 1.807) is 19.1 Å². The van der Waals surface area contributed by atoms with Crippen molar-refractivity contribution in [3.63, 3.8) is 0 Å². The Bertz CT molecular complexity index is 695. The Hall–Kier alpha value is -1.59. The second kappa shape index (κ2) is 6.24. The Morgan fingerprint density at radius 3 is 2.65 bits per heavy atom. The van der Waals surface area contributed by atoms with Crippen molar-refractivity contribution in [2.75, 3.05) is 0 Å². The highest BCUT2D eigenvalue weighted by molar-refractivity contribution is 9.10. The summed E-state index contributed by atoms with van der Waals surface area (Å²) in [5.41, 5.74) is 1.27. The minimum Gasteiger partial charge on any atom is -0.348 e. The van der Waals surface area contributed by atoms with Gasteiger partial charge in [-0.1, -0.05) is 23.7 Å². The fraction of sp³-hybridized carbons (Fsp3) is 0.143. The summed E-state index contributed by atoms with van der Waals surface area (Å²) in [5, 5.41) is 3.34. The van der Waals surface area contributed by atoms with Gasteiger partial charge in [0.05, 0.1) is 0 Å². The Morgan fingerprint density at radius 2 is 2.00 bits per heavy atom. The molecule has 20 heavy (non-hydrogen) atoms. The van der Waals surface area contributed by atoms with Crippen molar-refractivity contribution in [2.45, 2.75) is 13.5 Å². The maximum Gasteiger partial charge on any atom is 0.261 e. The zero-order valence-electron chi connectivity index (χ0n) is 10.7. The van der Waals surface area contributed by atoms with Crippen molar-refractivity contribution in [2.24, 2.45) is 0 Å². The van der Waals surface area contributed by atoms with E-state index in [0.29, 0.717) is 21.7 Å². The summed E-state index contributed by atoms with van der Waals surface area (Å²) in [5.74, 6) is -0.415. The molecule has 0 spiro atoms. The normalized spacial score (nSPS) is 10.3. The molecule has 1 aromatic carbocycles. The second-order valence-electron chi connectivity index (χ2n) is 4.29. The average Bonchev–Trinajstić information content (AvgIpc) is 2.42. The zero-order valence-corrected chi connectivity index (χ0v) is 13.0. The van der Waals surface area contributed by atoms with Crippen LogP contribution in [0.5, 0.6) is 0 Å². The van der Waals surface area contributed by atoms with Gasteiger partial charge in [-0.25, -0.2) is 0 Å². The molecule has 0 saturated heterocycles. The molecular formula is C14H12BrClN2O2. The lowest BCUT2D eigenvalue weighted by Gasteiger charge is -2.06. The van der Waals surface area contributed by atoms with E-state index in [-0.39, 0.29) is 5.56 Å². The number of hydrogen-bond donors (Lipinski definition) is 2. The number of rotatable bonds is 3. The lowest BCUT2D eigenvalue weighted by molar-refractivity contribution is 0.0949. The van der Waals surface area contributed by atoms with Crippen LogP contribution in [0.25, 0.3) is 0 Å². The number of aromatic nitrogens is 1. The molecule has 6 heteroatoms. The average molecular weight is 356 g/mol. The number of benzene rings is 1. The fourth-order valence-electron chi connectivity index (χ4n) is 1.65. The number of nitrogens with one attached hydrogen (secondary N) is 2. The van der Waals surface area contributed by atoms with E-state index >= 15 is 0 Å². The van der Waals surface area contributed by atoms with Crippen LogP contribution in [0, 0.1) is 6.92 Å². The molecule has 1 heterocycles. The third kappa shape index (κ3) is 3.49. The summed E-state index contributed by atoms with van der Waals surface area (Å²) in [4.78, 5) is 26.3. The van der Waals surface area contributed by atoms with Crippen molar-refractivity contribution in [3.8, 4) is 0 Å². The van der Waals surface area contributed by atoms with Crippen LogP contribution >= 0.6 is 27.5 Å². The lowest BCUT2D eigenvalue weighted by Crippen LogP contribution is -2.29. The maximum absolute atomic E-state index is 12.0. The highest BCUT2D eigenvalue weighted by Gasteiger charge is 2.12. The number of carbonyl (C=O) groups is 1. The summed E-state index contributed by atoms with van der Waals surface area (Å²) in [7, 11) is 0. The van der Waals surface area contributed by atoms with Gasteiger partial charge in [-0.15, -0.1) is 0 Å². The summed E-state index contributed by atoms with van der Waals surface area (Å²) in [6.45, 7) is 2.09. The Kier molecular flexibility index (Phi) is 4.62. The second-order valence-corrected chi connectivity index (χ2v) is 5.58. The van der Waals surface area contributed by atoms with Crippen LogP contribution < -0.4 is 10.9 Å². The highest BCUT2D eigenvalue weighted by atomic mass is 79.9.